The fraction of sp³-hybridized carbons (Fsp3) is 0.278. The van der Waals surface area contributed by atoms with E-state index < -0.39 is 12.0 Å². The summed E-state index contributed by atoms with van der Waals surface area (Å²) >= 11 is 0. The van der Waals surface area contributed by atoms with Crippen molar-refractivity contribution in [2.24, 2.45) is 0 Å². The van der Waals surface area contributed by atoms with Crippen molar-refractivity contribution in [1.82, 2.24) is 5.32 Å². The van der Waals surface area contributed by atoms with Crippen molar-refractivity contribution in [3.05, 3.63) is 65.7 Å². The van der Waals surface area contributed by atoms with Crippen LogP contribution >= 0.6 is 0 Å². The van der Waals surface area contributed by atoms with Crippen molar-refractivity contribution < 1.29 is 14.6 Å². The molecular formula is C18H21NO3. The highest BCUT2D eigenvalue weighted by atomic mass is 16.5. The van der Waals surface area contributed by atoms with Crippen LogP contribution in [0.2, 0.25) is 0 Å². The van der Waals surface area contributed by atoms with Crippen molar-refractivity contribution in [2.75, 3.05) is 0 Å². The van der Waals surface area contributed by atoms with Crippen molar-refractivity contribution in [1.29, 1.82) is 0 Å². The number of hydrogen-bond donors (Lipinski definition) is 2. The molecule has 0 bridgehead atoms. The van der Waals surface area contributed by atoms with Crippen LogP contribution in [0.5, 0.6) is 5.75 Å². The van der Waals surface area contributed by atoms with Crippen LogP contribution in [0.25, 0.3) is 0 Å². The summed E-state index contributed by atoms with van der Waals surface area (Å²) in [6.45, 7) is 4.41. The Morgan fingerprint density at radius 1 is 1.14 bits per heavy atom. The zero-order valence-electron chi connectivity index (χ0n) is 12.8. The van der Waals surface area contributed by atoms with Crippen LogP contribution in [0, 0.1) is 0 Å². The number of ether oxygens (including phenoxy) is 1. The first-order valence-corrected chi connectivity index (χ1v) is 7.33. The van der Waals surface area contributed by atoms with Gasteiger partial charge in [0, 0.05) is 6.54 Å². The Balaban J connectivity index is 2.05. The average Bonchev–Trinajstić information content (AvgIpc) is 2.48. The number of benzene rings is 2. The first-order chi connectivity index (χ1) is 10.6. The lowest BCUT2D eigenvalue weighted by molar-refractivity contribution is -0.139. The van der Waals surface area contributed by atoms with E-state index in [1.807, 2.05) is 68.4 Å². The van der Waals surface area contributed by atoms with E-state index in [9.17, 15) is 9.90 Å². The van der Waals surface area contributed by atoms with Gasteiger partial charge in [-0.05, 0) is 37.1 Å². The molecular weight excluding hydrogens is 278 g/mol. The molecule has 1 atom stereocenters. The van der Waals surface area contributed by atoms with Gasteiger partial charge in [0.2, 0.25) is 0 Å². The third kappa shape index (κ3) is 4.60. The van der Waals surface area contributed by atoms with Crippen LogP contribution in [0.15, 0.2) is 54.6 Å². The lowest BCUT2D eigenvalue weighted by Crippen LogP contribution is -2.28. The summed E-state index contributed by atoms with van der Waals surface area (Å²) in [4.78, 5) is 11.4. The van der Waals surface area contributed by atoms with Gasteiger partial charge in [-0.2, -0.15) is 0 Å². The van der Waals surface area contributed by atoms with Gasteiger partial charge in [0.15, 0.2) is 0 Å². The summed E-state index contributed by atoms with van der Waals surface area (Å²) < 4.78 is 5.65. The van der Waals surface area contributed by atoms with Gasteiger partial charge in [0.25, 0.3) is 0 Å². The molecule has 0 unspecified atom stereocenters. The van der Waals surface area contributed by atoms with Gasteiger partial charge in [-0.25, -0.2) is 0 Å². The highest BCUT2D eigenvalue weighted by Gasteiger charge is 2.18. The van der Waals surface area contributed by atoms with Crippen molar-refractivity contribution in [3.8, 4) is 5.75 Å². The summed E-state index contributed by atoms with van der Waals surface area (Å²) in [7, 11) is 0. The molecule has 2 aromatic carbocycles. The maximum Gasteiger partial charge on any atom is 0.325 e. The molecule has 0 aliphatic rings. The maximum absolute atomic E-state index is 11.4. The van der Waals surface area contributed by atoms with Crippen LogP contribution in [0.3, 0.4) is 0 Å². The van der Waals surface area contributed by atoms with Gasteiger partial charge in [-0.15, -0.1) is 0 Å². The Hall–Kier alpha value is -2.33. The number of rotatable bonds is 7. The van der Waals surface area contributed by atoms with Crippen molar-refractivity contribution in [3.63, 3.8) is 0 Å². The molecule has 0 aromatic heterocycles. The minimum atomic E-state index is -0.888. The molecule has 0 amide bonds. The third-order valence-electron chi connectivity index (χ3n) is 3.16. The Labute approximate surface area is 130 Å². The van der Waals surface area contributed by atoms with Gasteiger partial charge >= 0.3 is 5.97 Å². The smallest absolute Gasteiger partial charge is 0.325 e. The second kappa shape index (κ2) is 7.61. The second-order valence-corrected chi connectivity index (χ2v) is 5.38. The Bertz CT molecular complexity index is 611. The summed E-state index contributed by atoms with van der Waals surface area (Å²) in [6, 6.07) is 16.1. The molecule has 0 aliphatic carbocycles. The topological polar surface area (TPSA) is 58.6 Å². The predicted molar refractivity (Wildman–Crippen MR) is 85.9 cm³/mol. The second-order valence-electron chi connectivity index (χ2n) is 5.38. The van der Waals surface area contributed by atoms with Crippen LogP contribution in [-0.2, 0) is 11.3 Å². The molecule has 0 saturated carbocycles. The first-order valence-electron chi connectivity index (χ1n) is 7.33. The molecule has 4 heteroatoms. The van der Waals surface area contributed by atoms with E-state index in [0.29, 0.717) is 6.54 Å². The van der Waals surface area contributed by atoms with E-state index >= 15 is 0 Å². The number of hydrogen-bond acceptors (Lipinski definition) is 3. The largest absolute Gasteiger partial charge is 0.491 e. The summed E-state index contributed by atoms with van der Waals surface area (Å²) in [5.74, 6) is -0.0957. The third-order valence-corrected chi connectivity index (χ3v) is 3.16. The molecule has 22 heavy (non-hydrogen) atoms. The quantitative estimate of drug-likeness (QED) is 0.823. The summed E-state index contributed by atoms with van der Waals surface area (Å²) in [6.07, 6.45) is 0.110. The number of carboxylic acids is 1. The van der Waals surface area contributed by atoms with Gasteiger partial charge in [0.05, 0.1) is 6.10 Å². The number of aliphatic carboxylic acids is 1. The monoisotopic (exact) mass is 299 g/mol. The Kier molecular flexibility index (Phi) is 5.55. The number of carbonyl (C=O) groups is 1. The summed E-state index contributed by atoms with van der Waals surface area (Å²) in [5.41, 5.74) is 1.73. The van der Waals surface area contributed by atoms with Crippen LogP contribution in [0.1, 0.15) is 31.0 Å². The standard InChI is InChI=1S/C18H21NO3/c1-13(2)22-16-10-6-7-14(11-16)12-19-17(18(20)21)15-8-4-3-5-9-15/h3-11,13,17,19H,12H2,1-2H3,(H,20,21)/t17-/m0/s1. The van der Waals surface area contributed by atoms with Gasteiger partial charge in [0.1, 0.15) is 11.8 Å². The van der Waals surface area contributed by atoms with Gasteiger partial charge in [-0.3, -0.25) is 10.1 Å². The molecule has 2 aromatic rings. The maximum atomic E-state index is 11.4. The fourth-order valence-corrected chi connectivity index (χ4v) is 2.21. The summed E-state index contributed by atoms with van der Waals surface area (Å²) in [5, 5.41) is 12.5. The van der Waals surface area contributed by atoms with Crippen molar-refractivity contribution in [2.45, 2.75) is 32.5 Å². The van der Waals surface area contributed by atoms with E-state index in [-0.39, 0.29) is 6.10 Å². The molecule has 0 aliphatic heterocycles. The molecule has 2 N–H and O–H groups in total. The van der Waals surface area contributed by atoms with E-state index in [0.717, 1.165) is 16.9 Å². The SMILES string of the molecule is CC(C)Oc1cccc(CN[C@H](C(=O)O)c2ccccc2)c1. The molecule has 0 radical (unpaired) electrons. The molecule has 0 saturated heterocycles. The highest BCUT2D eigenvalue weighted by Crippen LogP contribution is 2.17. The lowest BCUT2D eigenvalue weighted by atomic mass is 10.1. The molecule has 0 fully saturated rings. The lowest BCUT2D eigenvalue weighted by Gasteiger charge is -2.16. The average molecular weight is 299 g/mol. The zero-order valence-corrected chi connectivity index (χ0v) is 12.8. The normalized spacial score (nSPS) is 12.1. The number of carboxylic acid groups (broad SMARTS) is 1. The predicted octanol–water partition coefficient (Wildman–Crippen LogP) is 3.39. The Morgan fingerprint density at radius 3 is 2.50 bits per heavy atom. The van der Waals surface area contributed by atoms with Crippen LogP contribution in [-0.4, -0.2) is 17.2 Å². The zero-order chi connectivity index (χ0) is 15.9. The Morgan fingerprint density at radius 2 is 1.86 bits per heavy atom. The molecule has 116 valence electrons. The molecule has 2 rings (SSSR count). The van der Waals surface area contributed by atoms with Crippen molar-refractivity contribution >= 4 is 5.97 Å². The highest BCUT2D eigenvalue weighted by molar-refractivity contribution is 5.75. The fourth-order valence-electron chi connectivity index (χ4n) is 2.21. The van der Waals surface area contributed by atoms with E-state index in [1.54, 1.807) is 0 Å². The minimum absolute atomic E-state index is 0.110. The van der Waals surface area contributed by atoms with Crippen LogP contribution < -0.4 is 10.1 Å². The van der Waals surface area contributed by atoms with E-state index in [2.05, 4.69) is 5.32 Å². The van der Waals surface area contributed by atoms with Gasteiger partial charge in [-0.1, -0.05) is 42.5 Å². The molecule has 0 spiro atoms. The first kappa shape index (κ1) is 16.0. The van der Waals surface area contributed by atoms with E-state index in [1.165, 1.54) is 0 Å². The van der Waals surface area contributed by atoms with E-state index in [4.69, 9.17) is 4.74 Å². The minimum Gasteiger partial charge on any atom is -0.491 e. The molecule has 0 heterocycles. The molecule has 4 nitrogen and oxygen atoms in total. The van der Waals surface area contributed by atoms with Gasteiger partial charge < -0.3 is 9.84 Å². The van der Waals surface area contributed by atoms with Crippen LogP contribution in [0.4, 0.5) is 0 Å². The number of nitrogens with one attached hydrogen (secondary N) is 1.